The quantitative estimate of drug-likeness (QED) is 0.349. The van der Waals surface area contributed by atoms with Crippen LogP contribution in [0.1, 0.15) is 22.8 Å². The van der Waals surface area contributed by atoms with E-state index in [9.17, 15) is 0 Å². The smallest absolute Gasteiger partial charge is 0.206 e. The van der Waals surface area contributed by atoms with E-state index < -0.39 is 0 Å². The molecule has 0 bridgehead atoms. The van der Waals surface area contributed by atoms with Gasteiger partial charge in [0.25, 0.3) is 0 Å². The summed E-state index contributed by atoms with van der Waals surface area (Å²) in [5.74, 6) is 0. The van der Waals surface area contributed by atoms with Crippen molar-refractivity contribution in [2.45, 2.75) is 16.0 Å². The van der Waals surface area contributed by atoms with Crippen molar-refractivity contribution in [3.05, 3.63) is 70.7 Å². The van der Waals surface area contributed by atoms with Gasteiger partial charge in [0, 0.05) is 24.7 Å². The first-order chi connectivity index (χ1) is 14.8. The van der Waals surface area contributed by atoms with E-state index in [4.69, 9.17) is 16.3 Å². The fourth-order valence-electron chi connectivity index (χ4n) is 3.35. The van der Waals surface area contributed by atoms with Crippen molar-refractivity contribution in [1.29, 1.82) is 0 Å². The minimum atomic E-state index is 0.144. The third kappa shape index (κ3) is 6.18. The van der Waals surface area contributed by atoms with Crippen LogP contribution in [0.4, 0.5) is 5.13 Å². The topological polar surface area (TPSA) is 50.3 Å². The van der Waals surface area contributed by atoms with Crippen molar-refractivity contribution in [3.8, 4) is 0 Å². The molecule has 1 atom stereocenters. The highest BCUT2D eigenvalue weighted by molar-refractivity contribution is 8.01. The van der Waals surface area contributed by atoms with Crippen molar-refractivity contribution in [2.24, 2.45) is 0 Å². The summed E-state index contributed by atoms with van der Waals surface area (Å²) < 4.78 is 6.35. The second-order valence-electron chi connectivity index (χ2n) is 7.07. The van der Waals surface area contributed by atoms with Gasteiger partial charge in [0.05, 0.1) is 18.5 Å². The highest BCUT2D eigenvalue weighted by Crippen LogP contribution is 2.42. The van der Waals surface area contributed by atoms with Gasteiger partial charge in [0.1, 0.15) is 0 Å². The van der Waals surface area contributed by atoms with Gasteiger partial charge in [-0.15, -0.1) is 10.2 Å². The fourth-order valence-corrected chi connectivity index (χ4v) is 5.57. The normalized spacial score (nSPS) is 15.8. The molecule has 1 N–H and O–H groups in total. The Hall–Kier alpha value is -1.64. The van der Waals surface area contributed by atoms with E-state index in [1.54, 1.807) is 23.1 Å². The lowest BCUT2D eigenvalue weighted by molar-refractivity contribution is 0.0378. The van der Waals surface area contributed by atoms with Crippen LogP contribution in [0, 0.1) is 0 Å². The van der Waals surface area contributed by atoms with Crippen molar-refractivity contribution in [2.75, 3.05) is 44.7 Å². The summed E-state index contributed by atoms with van der Waals surface area (Å²) >= 11 is 9.42. The number of thioether (sulfide) groups is 1. The number of hydrogen-bond donors (Lipinski definition) is 1. The molecule has 0 unspecified atom stereocenters. The maximum atomic E-state index is 6.09. The Morgan fingerprint density at radius 2 is 1.77 bits per heavy atom. The van der Waals surface area contributed by atoms with Gasteiger partial charge >= 0.3 is 0 Å². The van der Waals surface area contributed by atoms with Gasteiger partial charge in [0.15, 0.2) is 4.34 Å². The van der Waals surface area contributed by atoms with E-state index in [0.29, 0.717) is 0 Å². The molecule has 1 saturated heterocycles. The Balaban J connectivity index is 1.35. The summed E-state index contributed by atoms with van der Waals surface area (Å²) in [5, 5.41) is 13.9. The van der Waals surface area contributed by atoms with Crippen molar-refractivity contribution < 1.29 is 4.74 Å². The first-order valence-corrected chi connectivity index (χ1v) is 12.2. The highest BCUT2D eigenvalue weighted by atomic mass is 35.5. The lowest BCUT2D eigenvalue weighted by Crippen LogP contribution is -2.37. The fraction of sp³-hybridized carbons (Fsp3) is 0.364. The summed E-state index contributed by atoms with van der Waals surface area (Å²) in [4.78, 5) is 2.45. The summed E-state index contributed by atoms with van der Waals surface area (Å²) in [6, 6.07) is 18.5. The highest BCUT2D eigenvalue weighted by Gasteiger charge is 2.18. The molecule has 2 aromatic carbocycles. The number of nitrogens with one attached hydrogen (secondary N) is 1. The number of anilines is 1. The zero-order chi connectivity index (χ0) is 20.6. The number of benzene rings is 2. The van der Waals surface area contributed by atoms with Gasteiger partial charge in [-0.1, -0.05) is 77.2 Å². The van der Waals surface area contributed by atoms with Crippen LogP contribution in [0.25, 0.3) is 0 Å². The maximum absolute atomic E-state index is 6.09. The first kappa shape index (κ1) is 21.6. The van der Waals surface area contributed by atoms with Gasteiger partial charge in [-0.2, -0.15) is 0 Å². The van der Waals surface area contributed by atoms with Crippen LogP contribution in [0.3, 0.4) is 0 Å². The number of morpholine rings is 1. The number of hydrogen-bond acceptors (Lipinski definition) is 7. The Morgan fingerprint density at radius 1 is 1.03 bits per heavy atom. The Kier molecular flexibility index (Phi) is 8.00. The van der Waals surface area contributed by atoms with E-state index in [1.165, 1.54) is 11.1 Å². The Labute approximate surface area is 190 Å². The molecule has 158 valence electrons. The second kappa shape index (κ2) is 11.1. The summed E-state index contributed by atoms with van der Waals surface area (Å²) in [7, 11) is 0. The third-order valence-electron chi connectivity index (χ3n) is 4.93. The van der Waals surface area contributed by atoms with E-state index in [-0.39, 0.29) is 5.25 Å². The van der Waals surface area contributed by atoms with Gasteiger partial charge in [-0.05, 0) is 36.2 Å². The SMILES string of the molecule is Clc1ccc([C@@H](Sc2nnc(NCCCN3CCOCC3)s2)c2ccccc2)cc1. The molecule has 4 rings (SSSR count). The molecule has 2 heterocycles. The average molecular weight is 461 g/mol. The molecule has 1 aliphatic rings. The van der Waals surface area contributed by atoms with Crippen LogP contribution in [0.2, 0.25) is 5.02 Å². The predicted octanol–water partition coefficient (Wildman–Crippen LogP) is 5.21. The Morgan fingerprint density at radius 3 is 2.53 bits per heavy atom. The molecule has 1 aromatic heterocycles. The van der Waals surface area contributed by atoms with Crippen molar-refractivity contribution >= 4 is 39.8 Å². The predicted molar refractivity (Wildman–Crippen MR) is 126 cm³/mol. The first-order valence-electron chi connectivity index (χ1n) is 10.1. The van der Waals surface area contributed by atoms with Gasteiger partial charge in [0.2, 0.25) is 5.13 Å². The molecule has 0 saturated carbocycles. The Bertz CT molecular complexity index is 901. The molecular weight excluding hydrogens is 436 g/mol. The summed E-state index contributed by atoms with van der Waals surface area (Å²) in [5.41, 5.74) is 2.44. The molecule has 30 heavy (non-hydrogen) atoms. The zero-order valence-electron chi connectivity index (χ0n) is 16.7. The van der Waals surface area contributed by atoms with Gasteiger partial charge in [-0.3, -0.25) is 4.90 Å². The molecule has 1 fully saturated rings. The molecule has 0 radical (unpaired) electrons. The molecule has 0 aliphatic carbocycles. The minimum Gasteiger partial charge on any atom is -0.379 e. The minimum absolute atomic E-state index is 0.144. The van der Waals surface area contributed by atoms with E-state index in [2.05, 4.69) is 56.8 Å². The van der Waals surface area contributed by atoms with Crippen LogP contribution in [-0.2, 0) is 4.74 Å². The average Bonchev–Trinajstić information content (AvgIpc) is 3.25. The number of rotatable bonds is 9. The molecule has 8 heteroatoms. The molecule has 1 aliphatic heterocycles. The van der Waals surface area contributed by atoms with Crippen LogP contribution in [0.15, 0.2) is 58.9 Å². The second-order valence-corrected chi connectivity index (χ2v) is 9.83. The summed E-state index contributed by atoms with van der Waals surface area (Å²) in [6.07, 6.45) is 1.08. The lowest BCUT2D eigenvalue weighted by atomic mass is 10.0. The maximum Gasteiger partial charge on any atom is 0.206 e. The zero-order valence-corrected chi connectivity index (χ0v) is 19.1. The molecule has 5 nitrogen and oxygen atoms in total. The molecule has 3 aromatic rings. The molecule has 0 spiro atoms. The third-order valence-corrected chi connectivity index (χ3v) is 7.46. The molecule has 0 amide bonds. The van der Waals surface area contributed by atoms with Crippen LogP contribution in [-0.4, -0.2) is 54.5 Å². The lowest BCUT2D eigenvalue weighted by Gasteiger charge is -2.26. The van der Waals surface area contributed by atoms with E-state index >= 15 is 0 Å². The van der Waals surface area contributed by atoms with Gasteiger partial charge in [-0.25, -0.2) is 0 Å². The van der Waals surface area contributed by atoms with Crippen LogP contribution < -0.4 is 5.32 Å². The molecular formula is C22H25ClN4OS2. The number of halogens is 1. The largest absolute Gasteiger partial charge is 0.379 e. The van der Waals surface area contributed by atoms with Gasteiger partial charge < -0.3 is 10.1 Å². The van der Waals surface area contributed by atoms with E-state index in [0.717, 1.165) is 60.3 Å². The van der Waals surface area contributed by atoms with Crippen LogP contribution in [0.5, 0.6) is 0 Å². The number of aromatic nitrogens is 2. The van der Waals surface area contributed by atoms with Crippen molar-refractivity contribution in [1.82, 2.24) is 15.1 Å². The van der Waals surface area contributed by atoms with E-state index in [1.807, 2.05) is 18.2 Å². The monoisotopic (exact) mass is 460 g/mol. The summed E-state index contributed by atoms with van der Waals surface area (Å²) in [6.45, 7) is 5.75. The van der Waals surface area contributed by atoms with Crippen molar-refractivity contribution in [3.63, 3.8) is 0 Å². The standard InChI is InChI=1S/C22H25ClN4OS2/c23-19-9-7-18(8-10-19)20(17-5-2-1-3-6-17)29-22-26-25-21(30-22)24-11-4-12-27-13-15-28-16-14-27/h1-3,5-10,20H,4,11-16H2,(H,24,25)/t20-/m0/s1. The number of nitrogens with zero attached hydrogens (tertiary/aromatic N) is 3. The number of ether oxygens (including phenoxy) is 1. The van der Waals surface area contributed by atoms with Crippen LogP contribution >= 0.6 is 34.7 Å².